The quantitative estimate of drug-likeness (QED) is 0.506. The van der Waals surface area contributed by atoms with Crippen LogP contribution in [0.1, 0.15) is 56.1 Å². The van der Waals surface area contributed by atoms with Crippen LogP contribution in [0.2, 0.25) is 0 Å². The maximum Gasteiger partial charge on any atom is 0.225 e. The van der Waals surface area contributed by atoms with Gasteiger partial charge in [0.05, 0.1) is 36.5 Å². The number of ether oxygens (including phenoxy) is 2. The minimum absolute atomic E-state index is 0.0150. The molecule has 3 aliphatic heterocycles. The Balaban J connectivity index is 1.07. The lowest BCUT2D eigenvalue weighted by atomic mass is 9.69. The van der Waals surface area contributed by atoms with E-state index < -0.39 is 0 Å². The zero-order valence-electron chi connectivity index (χ0n) is 20.8. The fourth-order valence-electron chi connectivity index (χ4n) is 5.90. The Morgan fingerprint density at radius 3 is 2.53 bits per heavy atom. The smallest absolute Gasteiger partial charge is 0.225 e. The Bertz CT molecular complexity index is 1210. The number of nitrogens with zero attached hydrogens (tertiary/aromatic N) is 5. The van der Waals surface area contributed by atoms with Crippen molar-refractivity contribution in [2.75, 3.05) is 31.7 Å². The van der Waals surface area contributed by atoms with E-state index in [9.17, 15) is 4.39 Å². The van der Waals surface area contributed by atoms with Crippen LogP contribution < -0.4 is 15.0 Å². The summed E-state index contributed by atoms with van der Waals surface area (Å²) in [6.45, 7) is 3.51. The Kier molecular flexibility index (Phi) is 6.21. The highest BCUT2D eigenvalue weighted by Gasteiger charge is 2.49. The van der Waals surface area contributed by atoms with Crippen LogP contribution in [0.4, 0.5) is 10.3 Å². The number of anilines is 1. The molecule has 4 aliphatic rings. The van der Waals surface area contributed by atoms with E-state index in [0.29, 0.717) is 35.5 Å². The SMILES string of the molecule is COc1ccc2ncc(F)c(CCC34CCC(NCc5cnc(N6CCCC6)nc5)(CC3)CO4)c2n1. The molecular formula is C27H33FN6O2. The maximum absolute atomic E-state index is 14.8. The first kappa shape index (κ1) is 23.5. The minimum atomic E-state index is -0.319. The predicted molar refractivity (Wildman–Crippen MR) is 135 cm³/mol. The number of hydrogen-bond donors (Lipinski definition) is 1. The van der Waals surface area contributed by atoms with Gasteiger partial charge in [-0.2, -0.15) is 0 Å². The largest absolute Gasteiger partial charge is 0.481 e. The topological polar surface area (TPSA) is 85.3 Å². The second-order valence-corrected chi connectivity index (χ2v) is 10.5. The van der Waals surface area contributed by atoms with Gasteiger partial charge in [-0.1, -0.05) is 0 Å². The summed E-state index contributed by atoms with van der Waals surface area (Å²) in [5, 5.41) is 3.75. The fourth-order valence-corrected chi connectivity index (χ4v) is 5.90. The van der Waals surface area contributed by atoms with Gasteiger partial charge in [-0.3, -0.25) is 4.98 Å². The molecule has 0 spiro atoms. The van der Waals surface area contributed by atoms with Crippen molar-refractivity contribution in [1.29, 1.82) is 0 Å². The van der Waals surface area contributed by atoms with Crippen molar-refractivity contribution in [2.45, 2.75) is 69.1 Å². The van der Waals surface area contributed by atoms with Crippen LogP contribution in [0.3, 0.4) is 0 Å². The molecule has 0 radical (unpaired) electrons. The average molecular weight is 493 g/mol. The molecule has 3 saturated heterocycles. The van der Waals surface area contributed by atoms with Gasteiger partial charge in [0.2, 0.25) is 11.8 Å². The Hall–Kier alpha value is -2.91. The van der Waals surface area contributed by atoms with Crippen LogP contribution in [0.5, 0.6) is 5.88 Å². The number of fused-ring (bicyclic) bond motifs is 4. The monoisotopic (exact) mass is 492 g/mol. The van der Waals surface area contributed by atoms with Crippen molar-refractivity contribution in [3.8, 4) is 5.88 Å². The summed E-state index contributed by atoms with van der Waals surface area (Å²) in [6.07, 6.45) is 13.0. The Morgan fingerprint density at radius 1 is 1.06 bits per heavy atom. The lowest BCUT2D eigenvalue weighted by Gasteiger charge is -2.53. The number of hydrogen-bond acceptors (Lipinski definition) is 8. The Morgan fingerprint density at radius 2 is 1.83 bits per heavy atom. The van der Waals surface area contributed by atoms with Gasteiger partial charge in [-0.05, 0) is 57.4 Å². The summed E-state index contributed by atoms with van der Waals surface area (Å²) in [7, 11) is 1.56. The average Bonchev–Trinajstić information content (AvgIpc) is 3.48. The Labute approximate surface area is 210 Å². The van der Waals surface area contributed by atoms with Crippen molar-refractivity contribution in [3.05, 3.63) is 47.7 Å². The summed E-state index contributed by atoms with van der Waals surface area (Å²) >= 11 is 0. The zero-order valence-corrected chi connectivity index (χ0v) is 20.8. The highest BCUT2D eigenvalue weighted by molar-refractivity contribution is 5.78. The molecule has 8 nitrogen and oxygen atoms in total. The molecule has 6 heterocycles. The predicted octanol–water partition coefficient (Wildman–Crippen LogP) is 3.97. The minimum Gasteiger partial charge on any atom is -0.481 e. The number of pyridine rings is 2. The summed E-state index contributed by atoms with van der Waals surface area (Å²) in [6, 6.07) is 3.58. The number of aryl methyl sites for hydroxylation is 1. The number of methoxy groups -OCH3 is 1. The van der Waals surface area contributed by atoms with E-state index in [2.05, 4.69) is 30.2 Å². The highest BCUT2D eigenvalue weighted by Crippen LogP contribution is 2.46. The number of aromatic nitrogens is 4. The van der Waals surface area contributed by atoms with E-state index in [4.69, 9.17) is 9.47 Å². The third-order valence-corrected chi connectivity index (χ3v) is 8.30. The van der Waals surface area contributed by atoms with E-state index in [1.807, 2.05) is 18.5 Å². The van der Waals surface area contributed by atoms with Crippen molar-refractivity contribution in [2.24, 2.45) is 0 Å². The zero-order chi connectivity index (χ0) is 24.6. The van der Waals surface area contributed by atoms with Crippen LogP contribution in [0.25, 0.3) is 11.0 Å². The second-order valence-electron chi connectivity index (χ2n) is 10.5. The molecule has 36 heavy (non-hydrogen) atoms. The third-order valence-electron chi connectivity index (χ3n) is 8.30. The fraction of sp³-hybridized carbons (Fsp3) is 0.556. The second kappa shape index (κ2) is 9.52. The van der Waals surface area contributed by atoms with E-state index in [0.717, 1.165) is 63.3 Å². The van der Waals surface area contributed by atoms with Crippen LogP contribution in [-0.4, -0.2) is 57.9 Å². The molecular weight excluding hydrogens is 459 g/mol. The van der Waals surface area contributed by atoms with Crippen molar-refractivity contribution >= 4 is 17.0 Å². The first-order chi connectivity index (χ1) is 17.6. The molecule has 1 aliphatic carbocycles. The van der Waals surface area contributed by atoms with Crippen LogP contribution in [-0.2, 0) is 17.7 Å². The normalized spacial score (nSPS) is 25.6. The molecule has 7 rings (SSSR count). The summed E-state index contributed by atoms with van der Waals surface area (Å²) in [5.41, 5.74) is 2.72. The lowest BCUT2D eigenvalue weighted by Crippen LogP contribution is -2.61. The number of rotatable bonds is 8. The molecule has 1 N–H and O–H groups in total. The van der Waals surface area contributed by atoms with Crippen LogP contribution in [0.15, 0.2) is 30.7 Å². The van der Waals surface area contributed by atoms with Gasteiger partial charge in [-0.15, -0.1) is 0 Å². The van der Waals surface area contributed by atoms with Gasteiger partial charge < -0.3 is 19.7 Å². The molecule has 190 valence electrons. The van der Waals surface area contributed by atoms with Gasteiger partial charge >= 0.3 is 0 Å². The van der Waals surface area contributed by atoms with Gasteiger partial charge in [0, 0.05) is 54.8 Å². The molecule has 0 aromatic carbocycles. The van der Waals surface area contributed by atoms with Crippen LogP contribution >= 0.6 is 0 Å². The first-order valence-electron chi connectivity index (χ1n) is 13.0. The molecule has 0 unspecified atom stereocenters. The standard InChI is InChI=1S/C27H33FN6O2/c1-35-23-5-4-22-24(33-23)20(21(28)17-29-22)6-7-27-10-8-26(9-11-27,18-36-27)32-16-19-14-30-25(31-15-19)34-12-2-3-13-34/h4-5,14-15,17,32H,2-3,6-13,16,18H2,1H3. The molecule has 2 bridgehead atoms. The summed E-state index contributed by atoms with van der Waals surface area (Å²) < 4.78 is 26.5. The van der Waals surface area contributed by atoms with E-state index in [1.165, 1.54) is 19.0 Å². The van der Waals surface area contributed by atoms with Crippen molar-refractivity contribution < 1.29 is 13.9 Å². The van der Waals surface area contributed by atoms with Crippen LogP contribution in [0, 0.1) is 5.82 Å². The third kappa shape index (κ3) is 4.50. The van der Waals surface area contributed by atoms with Crippen molar-refractivity contribution in [1.82, 2.24) is 25.3 Å². The molecule has 1 saturated carbocycles. The maximum atomic E-state index is 14.8. The first-order valence-corrected chi connectivity index (χ1v) is 13.0. The highest BCUT2D eigenvalue weighted by atomic mass is 19.1. The number of nitrogens with one attached hydrogen (secondary N) is 1. The molecule has 3 aromatic heterocycles. The molecule has 0 atom stereocenters. The van der Waals surface area contributed by atoms with E-state index in [-0.39, 0.29) is 17.0 Å². The van der Waals surface area contributed by atoms with Gasteiger partial charge in [-0.25, -0.2) is 19.3 Å². The lowest BCUT2D eigenvalue weighted by molar-refractivity contribution is -0.165. The van der Waals surface area contributed by atoms with Gasteiger partial charge in [0.15, 0.2) is 0 Å². The van der Waals surface area contributed by atoms with Gasteiger partial charge in [0.1, 0.15) is 5.82 Å². The molecule has 4 fully saturated rings. The molecule has 9 heteroatoms. The summed E-state index contributed by atoms with van der Waals surface area (Å²) in [5.74, 6) is 0.984. The number of halogens is 1. The molecule has 3 aromatic rings. The van der Waals surface area contributed by atoms with Crippen molar-refractivity contribution in [3.63, 3.8) is 0 Å². The summed E-state index contributed by atoms with van der Waals surface area (Å²) in [4.78, 5) is 20.1. The van der Waals surface area contributed by atoms with E-state index in [1.54, 1.807) is 13.2 Å². The van der Waals surface area contributed by atoms with E-state index >= 15 is 0 Å². The van der Waals surface area contributed by atoms with Gasteiger partial charge in [0.25, 0.3) is 0 Å². The molecule has 0 amide bonds.